The molecule has 1 aromatic carbocycles. The number of hydrogen-bond donors (Lipinski definition) is 2. The van der Waals surface area contributed by atoms with Crippen molar-refractivity contribution < 1.29 is 19.4 Å². The fourth-order valence-corrected chi connectivity index (χ4v) is 1.62. The Morgan fingerprint density at radius 2 is 2.00 bits per heavy atom. The summed E-state index contributed by atoms with van der Waals surface area (Å²) in [5.74, 6) is -0.535. The molecule has 0 bridgehead atoms. The minimum absolute atomic E-state index is 0.0222. The van der Waals surface area contributed by atoms with E-state index >= 15 is 0 Å². The lowest BCUT2D eigenvalue weighted by Gasteiger charge is -2.20. The van der Waals surface area contributed by atoms with Gasteiger partial charge in [-0.1, -0.05) is 11.6 Å². The van der Waals surface area contributed by atoms with Gasteiger partial charge in [0, 0.05) is 5.02 Å². The average molecular weight is 315 g/mol. The van der Waals surface area contributed by atoms with Crippen LogP contribution in [-0.4, -0.2) is 54.7 Å². The van der Waals surface area contributed by atoms with Gasteiger partial charge in [-0.25, -0.2) is 0 Å². The summed E-state index contributed by atoms with van der Waals surface area (Å²) in [5.41, 5.74) is 0. The first kappa shape index (κ1) is 17.3. The summed E-state index contributed by atoms with van der Waals surface area (Å²) in [7, 11) is 1.59. The molecule has 0 spiro atoms. The van der Waals surface area contributed by atoms with Gasteiger partial charge in [0.15, 0.2) is 0 Å². The largest absolute Gasteiger partial charge is 0.492 e. The van der Waals surface area contributed by atoms with Gasteiger partial charge >= 0.3 is 5.97 Å². The number of carbonyl (C=O) groups excluding carboxylic acids is 1. The molecule has 0 heterocycles. The van der Waals surface area contributed by atoms with E-state index in [1.165, 1.54) is 11.8 Å². The fraction of sp³-hybridized carbons (Fsp3) is 0.429. The molecule has 1 aromatic rings. The maximum Gasteiger partial charge on any atom is 0.320 e. The molecular weight excluding hydrogens is 296 g/mol. The molecule has 21 heavy (non-hydrogen) atoms. The van der Waals surface area contributed by atoms with Crippen molar-refractivity contribution in [1.29, 1.82) is 0 Å². The van der Waals surface area contributed by atoms with Crippen molar-refractivity contribution in [2.45, 2.75) is 13.0 Å². The number of nitrogens with one attached hydrogen (secondary N) is 1. The fourth-order valence-electron chi connectivity index (χ4n) is 1.50. The average Bonchev–Trinajstić information content (AvgIpc) is 2.44. The third kappa shape index (κ3) is 6.46. The number of aliphatic carboxylic acids is 1. The molecule has 2 N–H and O–H groups in total. The standard InChI is InChI=1S/C14H19ClN2O4/c1-10(14(19)20)17(2)9-13(18)16-7-8-21-12-5-3-11(15)4-6-12/h3-6,10H,7-9H2,1-2H3,(H,16,18)(H,19,20). The Balaban J connectivity index is 2.21. The van der Waals surface area contributed by atoms with Crippen LogP contribution in [0.4, 0.5) is 0 Å². The van der Waals surface area contributed by atoms with Crippen LogP contribution < -0.4 is 10.1 Å². The number of likely N-dealkylation sites (N-methyl/N-ethyl adjacent to an activating group) is 1. The van der Waals surface area contributed by atoms with Gasteiger partial charge in [0.1, 0.15) is 18.4 Å². The van der Waals surface area contributed by atoms with Gasteiger partial charge in [-0.15, -0.1) is 0 Å². The number of ether oxygens (including phenoxy) is 1. The number of carboxylic acids is 1. The molecule has 116 valence electrons. The summed E-state index contributed by atoms with van der Waals surface area (Å²) in [6.07, 6.45) is 0. The Labute approximate surface area is 128 Å². The van der Waals surface area contributed by atoms with Crippen LogP contribution in [0.5, 0.6) is 5.75 Å². The van der Waals surface area contributed by atoms with E-state index in [-0.39, 0.29) is 12.5 Å². The molecule has 0 aliphatic heterocycles. The quantitative estimate of drug-likeness (QED) is 0.706. The second kappa shape index (κ2) is 8.49. The second-order valence-corrected chi connectivity index (χ2v) is 5.02. The van der Waals surface area contributed by atoms with E-state index in [0.717, 1.165) is 0 Å². The van der Waals surface area contributed by atoms with Crippen molar-refractivity contribution in [3.8, 4) is 5.75 Å². The summed E-state index contributed by atoms with van der Waals surface area (Å²) >= 11 is 5.75. The maximum absolute atomic E-state index is 11.6. The van der Waals surface area contributed by atoms with Gasteiger partial charge in [0.05, 0.1) is 13.1 Å². The number of benzene rings is 1. The Hall–Kier alpha value is -1.79. The molecule has 0 saturated carbocycles. The lowest BCUT2D eigenvalue weighted by Crippen LogP contribution is -2.43. The third-order valence-electron chi connectivity index (χ3n) is 2.92. The van der Waals surface area contributed by atoms with Crippen molar-refractivity contribution in [3.05, 3.63) is 29.3 Å². The van der Waals surface area contributed by atoms with Gasteiger partial charge in [0.2, 0.25) is 5.91 Å². The highest BCUT2D eigenvalue weighted by Crippen LogP contribution is 2.15. The van der Waals surface area contributed by atoms with Crippen molar-refractivity contribution in [2.24, 2.45) is 0 Å². The highest BCUT2D eigenvalue weighted by Gasteiger charge is 2.18. The smallest absolute Gasteiger partial charge is 0.320 e. The maximum atomic E-state index is 11.6. The predicted octanol–water partition coefficient (Wildman–Crippen LogP) is 1.24. The Bertz CT molecular complexity index is 478. The molecule has 1 atom stereocenters. The number of nitrogens with zero attached hydrogens (tertiary/aromatic N) is 1. The summed E-state index contributed by atoms with van der Waals surface area (Å²) in [6.45, 7) is 2.22. The zero-order valence-electron chi connectivity index (χ0n) is 12.0. The SMILES string of the molecule is CC(C(=O)O)N(C)CC(=O)NCCOc1ccc(Cl)cc1. The first-order valence-corrected chi connectivity index (χ1v) is 6.86. The number of carboxylic acid groups (broad SMARTS) is 1. The Kier molecular flexibility index (Phi) is 6.98. The monoisotopic (exact) mass is 314 g/mol. The normalized spacial score (nSPS) is 12.0. The number of halogens is 1. The zero-order valence-corrected chi connectivity index (χ0v) is 12.8. The highest BCUT2D eigenvalue weighted by atomic mass is 35.5. The third-order valence-corrected chi connectivity index (χ3v) is 3.17. The number of hydrogen-bond acceptors (Lipinski definition) is 4. The van der Waals surface area contributed by atoms with E-state index in [2.05, 4.69) is 5.32 Å². The van der Waals surface area contributed by atoms with Crippen LogP contribution in [0.3, 0.4) is 0 Å². The first-order valence-electron chi connectivity index (χ1n) is 6.48. The first-order chi connectivity index (χ1) is 9.90. The van der Waals surface area contributed by atoms with Gasteiger partial charge < -0.3 is 15.2 Å². The van der Waals surface area contributed by atoms with Crippen molar-refractivity contribution >= 4 is 23.5 Å². The summed E-state index contributed by atoms with van der Waals surface area (Å²) in [5, 5.41) is 12.1. The summed E-state index contributed by atoms with van der Waals surface area (Å²) < 4.78 is 5.42. The molecule has 0 fully saturated rings. The Morgan fingerprint density at radius 1 is 1.38 bits per heavy atom. The molecule has 0 saturated heterocycles. The van der Waals surface area contributed by atoms with Gasteiger partial charge in [-0.2, -0.15) is 0 Å². The van der Waals surface area contributed by atoms with Crippen LogP contribution >= 0.6 is 11.6 Å². The van der Waals surface area contributed by atoms with Crippen LogP contribution in [0, 0.1) is 0 Å². The molecule has 7 heteroatoms. The molecule has 1 rings (SSSR count). The lowest BCUT2D eigenvalue weighted by molar-refractivity contribution is -0.142. The number of carbonyl (C=O) groups is 2. The van der Waals surface area contributed by atoms with E-state index in [9.17, 15) is 9.59 Å². The molecule has 0 radical (unpaired) electrons. The molecule has 0 aromatic heterocycles. The number of amides is 1. The highest BCUT2D eigenvalue weighted by molar-refractivity contribution is 6.30. The minimum atomic E-state index is -0.962. The van der Waals surface area contributed by atoms with Crippen LogP contribution in [0.25, 0.3) is 0 Å². The lowest BCUT2D eigenvalue weighted by atomic mass is 10.3. The topological polar surface area (TPSA) is 78.9 Å². The molecular formula is C14H19ClN2O4. The molecule has 1 unspecified atom stereocenters. The van der Waals surface area contributed by atoms with E-state index in [0.29, 0.717) is 23.9 Å². The van der Waals surface area contributed by atoms with Crippen molar-refractivity contribution in [1.82, 2.24) is 10.2 Å². The van der Waals surface area contributed by atoms with Crippen LogP contribution in [-0.2, 0) is 9.59 Å². The van der Waals surface area contributed by atoms with E-state index in [4.69, 9.17) is 21.4 Å². The van der Waals surface area contributed by atoms with Gasteiger partial charge in [0.25, 0.3) is 0 Å². The molecule has 6 nitrogen and oxygen atoms in total. The van der Waals surface area contributed by atoms with Crippen LogP contribution in [0.1, 0.15) is 6.92 Å². The predicted molar refractivity (Wildman–Crippen MR) is 79.7 cm³/mol. The molecule has 0 aliphatic rings. The van der Waals surface area contributed by atoms with Crippen molar-refractivity contribution in [3.63, 3.8) is 0 Å². The van der Waals surface area contributed by atoms with Crippen LogP contribution in [0.15, 0.2) is 24.3 Å². The minimum Gasteiger partial charge on any atom is -0.492 e. The second-order valence-electron chi connectivity index (χ2n) is 4.58. The summed E-state index contributed by atoms with van der Waals surface area (Å²) in [4.78, 5) is 23.8. The van der Waals surface area contributed by atoms with Crippen LogP contribution in [0.2, 0.25) is 5.02 Å². The number of rotatable bonds is 8. The van der Waals surface area contributed by atoms with Crippen molar-refractivity contribution in [2.75, 3.05) is 26.7 Å². The van der Waals surface area contributed by atoms with Gasteiger partial charge in [-0.3, -0.25) is 14.5 Å². The molecule has 1 amide bonds. The molecule has 0 aliphatic carbocycles. The van der Waals surface area contributed by atoms with E-state index < -0.39 is 12.0 Å². The zero-order chi connectivity index (χ0) is 15.8. The summed E-state index contributed by atoms with van der Waals surface area (Å²) in [6, 6.07) is 6.22. The Morgan fingerprint density at radius 3 is 2.57 bits per heavy atom. The van der Waals surface area contributed by atoms with E-state index in [1.807, 2.05) is 0 Å². The van der Waals surface area contributed by atoms with Gasteiger partial charge in [-0.05, 0) is 38.2 Å². The van der Waals surface area contributed by atoms with E-state index in [1.54, 1.807) is 31.3 Å².